The van der Waals surface area contributed by atoms with Crippen LogP contribution >= 0.6 is 0 Å². The lowest BCUT2D eigenvalue weighted by molar-refractivity contribution is -0.133. The van der Waals surface area contributed by atoms with Crippen LogP contribution in [0.25, 0.3) is 10.8 Å². The summed E-state index contributed by atoms with van der Waals surface area (Å²) in [6.07, 6.45) is 0.330. The Kier molecular flexibility index (Phi) is 2.81. The van der Waals surface area contributed by atoms with E-state index in [1.165, 1.54) is 0 Å². The average Bonchev–Trinajstić information content (AvgIpc) is 2.29. The fraction of sp³-hybridized carbons (Fsp3) is 0.231. The number of aliphatic hydroxyl groups is 1. The molecule has 0 spiro atoms. The topological polar surface area (TPSA) is 55.5 Å². The molecule has 3 N–H and O–H groups in total. The minimum atomic E-state index is -1.61. The predicted octanol–water partition coefficient (Wildman–Crippen LogP) is 2.23. The molecule has 0 aliphatic rings. The van der Waals surface area contributed by atoms with Crippen LogP contribution in [-0.4, -0.2) is 11.0 Å². The SMILES string of the molecule is CCC(N)(O)Oc1cccc2ccccc12. The van der Waals surface area contributed by atoms with Gasteiger partial charge in [-0.2, -0.15) is 0 Å². The first kappa shape index (κ1) is 10.9. The van der Waals surface area contributed by atoms with Gasteiger partial charge in [-0.3, -0.25) is 5.73 Å². The summed E-state index contributed by atoms with van der Waals surface area (Å²) < 4.78 is 5.40. The van der Waals surface area contributed by atoms with Gasteiger partial charge in [0.25, 0.3) is 5.91 Å². The number of ether oxygens (including phenoxy) is 1. The van der Waals surface area contributed by atoms with Gasteiger partial charge in [-0.05, 0) is 11.5 Å². The summed E-state index contributed by atoms with van der Waals surface area (Å²) in [5, 5.41) is 11.7. The predicted molar refractivity (Wildman–Crippen MR) is 64.0 cm³/mol. The lowest BCUT2D eigenvalue weighted by atomic mass is 10.1. The maximum absolute atomic E-state index is 9.69. The summed E-state index contributed by atoms with van der Waals surface area (Å²) in [5.74, 6) is -1.01. The maximum atomic E-state index is 9.69. The molecule has 1 unspecified atom stereocenters. The monoisotopic (exact) mass is 217 g/mol. The van der Waals surface area contributed by atoms with E-state index in [1.54, 1.807) is 13.0 Å². The van der Waals surface area contributed by atoms with Crippen molar-refractivity contribution in [3.63, 3.8) is 0 Å². The van der Waals surface area contributed by atoms with Crippen molar-refractivity contribution in [2.75, 3.05) is 0 Å². The van der Waals surface area contributed by atoms with Crippen LogP contribution in [0.3, 0.4) is 0 Å². The van der Waals surface area contributed by atoms with Crippen molar-refractivity contribution in [1.82, 2.24) is 0 Å². The van der Waals surface area contributed by atoms with Crippen molar-refractivity contribution in [1.29, 1.82) is 0 Å². The zero-order valence-electron chi connectivity index (χ0n) is 9.18. The second-order valence-corrected chi connectivity index (χ2v) is 3.78. The molecule has 0 heterocycles. The third kappa shape index (κ3) is 2.15. The van der Waals surface area contributed by atoms with Crippen molar-refractivity contribution in [3.05, 3.63) is 42.5 Å². The number of hydrogen-bond donors (Lipinski definition) is 2. The Balaban J connectivity index is 2.45. The van der Waals surface area contributed by atoms with Crippen molar-refractivity contribution >= 4 is 10.8 Å². The van der Waals surface area contributed by atoms with Gasteiger partial charge < -0.3 is 9.84 Å². The Morgan fingerprint density at radius 2 is 1.88 bits per heavy atom. The lowest BCUT2D eigenvalue weighted by Gasteiger charge is -2.23. The molecule has 0 amide bonds. The van der Waals surface area contributed by atoms with Crippen molar-refractivity contribution in [3.8, 4) is 5.75 Å². The van der Waals surface area contributed by atoms with E-state index in [1.807, 2.05) is 36.4 Å². The van der Waals surface area contributed by atoms with E-state index in [0.29, 0.717) is 12.2 Å². The molecule has 3 heteroatoms. The van der Waals surface area contributed by atoms with E-state index < -0.39 is 5.91 Å². The molecule has 2 aromatic carbocycles. The smallest absolute Gasteiger partial charge is 0.265 e. The number of rotatable bonds is 3. The molecular formula is C13H15NO2. The molecule has 0 radical (unpaired) electrons. The van der Waals surface area contributed by atoms with Crippen LogP contribution in [0.2, 0.25) is 0 Å². The molecule has 2 rings (SSSR count). The third-order valence-corrected chi connectivity index (χ3v) is 2.54. The van der Waals surface area contributed by atoms with Crippen LogP contribution in [0, 0.1) is 0 Å². The second kappa shape index (κ2) is 4.12. The van der Waals surface area contributed by atoms with Crippen LogP contribution in [-0.2, 0) is 0 Å². The van der Waals surface area contributed by atoms with Crippen LogP contribution in [0.5, 0.6) is 5.75 Å². The van der Waals surface area contributed by atoms with E-state index in [2.05, 4.69) is 0 Å². The molecule has 0 bridgehead atoms. The summed E-state index contributed by atoms with van der Waals surface area (Å²) in [6, 6.07) is 13.5. The van der Waals surface area contributed by atoms with E-state index in [-0.39, 0.29) is 0 Å². The Bertz CT molecular complexity index is 489. The highest BCUT2D eigenvalue weighted by Gasteiger charge is 2.20. The highest BCUT2D eigenvalue weighted by Crippen LogP contribution is 2.27. The number of fused-ring (bicyclic) bond motifs is 1. The first-order chi connectivity index (χ1) is 7.62. The van der Waals surface area contributed by atoms with Gasteiger partial charge >= 0.3 is 0 Å². The normalized spacial score (nSPS) is 14.7. The van der Waals surface area contributed by atoms with Crippen molar-refractivity contribution in [2.24, 2.45) is 5.73 Å². The molecule has 84 valence electrons. The molecule has 0 fully saturated rings. The zero-order valence-corrected chi connectivity index (χ0v) is 9.18. The summed E-state index contributed by atoms with van der Waals surface area (Å²) in [6.45, 7) is 1.77. The second-order valence-electron chi connectivity index (χ2n) is 3.78. The van der Waals surface area contributed by atoms with Gasteiger partial charge in [0, 0.05) is 11.8 Å². The van der Waals surface area contributed by atoms with Gasteiger partial charge in [-0.1, -0.05) is 43.3 Å². The minimum absolute atomic E-state index is 0.330. The molecule has 3 nitrogen and oxygen atoms in total. The molecule has 0 saturated heterocycles. The first-order valence-electron chi connectivity index (χ1n) is 5.30. The Morgan fingerprint density at radius 3 is 2.62 bits per heavy atom. The Labute approximate surface area is 94.5 Å². The Hall–Kier alpha value is -1.58. The summed E-state index contributed by atoms with van der Waals surface area (Å²) in [7, 11) is 0. The molecule has 0 aliphatic heterocycles. The van der Waals surface area contributed by atoms with Crippen LogP contribution < -0.4 is 10.5 Å². The highest BCUT2D eigenvalue weighted by molar-refractivity contribution is 5.88. The Morgan fingerprint density at radius 1 is 1.19 bits per heavy atom. The van der Waals surface area contributed by atoms with E-state index >= 15 is 0 Å². The summed E-state index contributed by atoms with van der Waals surface area (Å²) in [4.78, 5) is 0. The standard InChI is InChI=1S/C13H15NO2/c1-2-13(14,15)16-12-9-5-7-10-6-3-4-8-11(10)12/h3-9,15H,2,14H2,1H3. The van der Waals surface area contributed by atoms with E-state index in [0.717, 1.165) is 10.8 Å². The first-order valence-corrected chi connectivity index (χ1v) is 5.30. The van der Waals surface area contributed by atoms with E-state index in [4.69, 9.17) is 10.5 Å². The number of hydrogen-bond acceptors (Lipinski definition) is 3. The van der Waals surface area contributed by atoms with Crippen molar-refractivity contribution in [2.45, 2.75) is 19.3 Å². The fourth-order valence-electron chi connectivity index (χ4n) is 1.55. The quantitative estimate of drug-likeness (QED) is 0.775. The lowest BCUT2D eigenvalue weighted by Crippen LogP contribution is -2.44. The van der Waals surface area contributed by atoms with Crippen LogP contribution in [0.1, 0.15) is 13.3 Å². The molecule has 0 saturated carbocycles. The summed E-state index contributed by atoms with van der Waals surface area (Å²) >= 11 is 0. The molecular weight excluding hydrogens is 202 g/mol. The van der Waals surface area contributed by atoms with Gasteiger partial charge in [0.1, 0.15) is 5.75 Å². The molecule has 0 aromatic heterocycles. The largest absolute Gasteiger partial charge is 0.449 e. The average molecular weight is 217 g/mol. The zero-order chi connectivity index (χ0) is 11.6. The van der Waals surface area contributed by atoms with E-state index in [9.17, 15) is 5.11 Å². The van der Waals surface area contributed by atoms with Crippen LogP contribution in [0.15, 0.2) is 42.5 Å². The van der Waals surface area contributed by atoms with Gasteiger partial charge in [-0.15, -0.1) is 0 Å². The van der Waals surface area contributed by atoms with Crippen molar-refractivity contribution < 1.29 is 9.84 Å². The molecule has 0 aliphatic carbocycles. The third-order valence-electron chi connectivity index (χ3n) is 2.54. The fourth-order valence-corrected chi connectivity index (χ4v) is 1.55. The molecule has 2 aromatic rings. The van der Waals surface area contributed by atoms with Gasteiger partial charge in [0.05, 0.1) is 0 Å². The van der Waals surface area contributed by atoms with Gasteiger partial charge in [0.2, 0.25) is 0 Å². The number of benzene rings is 2. The molecule has 1 atom stereocenters. The minimum Gasteiger partial charge on any atom is -0.449 e. The van der Waals surface area contributed by atoms with Crippen LogP contribution in [0.4, 0.5) is 0 Å². The highest BCUT2D eigenvalue weighted by atomic mass is 16.6. The summed E-state index contributed by atoms with van der Waals surface area (Å²) in [5.41, 5.74) is 5.57. The molecule has 16 heavy (non-hydrogen) atoms. The number of nitrogens with two attached hydrogens (primary N) is 1. The maximum Gasteiger partial charge on any atom is 0.265 e. The van der Waals surface area contributed by atoms with Gasteiger partial charge in [-0.25, -0.2) is 0 Å². The van der Waals surface area contributed by atoms with Gasteiger partial charge in [0.15, 0.2) is 0 Å².